The Morgan fingerprint density at radius 3 is 2.80 bits per heavy atom. The van der Waals surface area contributed by atoms with Crippen LogP contribution in [0.2, 0.25) is 0 Å². The van der Waals surface area contributed by atoms with Crippen molar-refractivity contribution in [1.29, 1.82) is 0 Å². The molecule has 0 fully saturated rings. The fourth-order valence-electron chi connectivity index (χ4n) is 0.724. The molecule has 0 unspecified atom stereocenters. The van der Waals surface area contributed by atoms with Crippen molar-refractivity contribution < 1.29 is 10.0 Å². The molecule has 8 nitrogen and oxygen atoms in total. The summed E-state index contributed by atoms with van der Waals surface area (Å²) < 4.78 is 1.23. The zero-order valence-electron chi connectivity index (χ0n) is 8.40. The van der Waals surface area contributed by atoms with Crippen LogP contribution in [-0.2, 0) is 4.84 Å². The number of aromatic nitrogens is 3. The van der Waals surface area contributed by atoms with Gasteiger partial charge in [0.15, 0.2) is 0 Å². The predicted octanol–water partition coefficient (Wildman–Crippen LogP) is -0.389. The summed E-state index contributed by atoms with van der Waals surface area (Å²) in [6.07, 6.45) is 2.55. The number of hydrogen-bond donors (Lipinski definition) is 2. The molecular weight excluding hydrogens is 200 g/mol. The summed E-state index contributed by atoms with van der Waals surface area (Å²) in [5, 5.41) is 18.8. The maximum absolute atomic E-state index is 8.53. The molecule has 0 saturated carbocycles. The van der Waals surface area contributed by atoms with Gasteiger partial charge in [0, 0.05) is 0 Å². The molecule has 0 aliphatic rings. The van der Waals surface area contributed by atoms with Crippen molar-refractivity contribution in [2.45, 2.75) is 20.0 Å². The molecule has 1 aromatic rings. The van der Waals surface area contributed by atoms with Gasteiger partial charge in [-0.2, -0.15) is 9.78 Å². The van der Waals surface area contributed by atoms with Crippen molar-refractivity contribution in [1.82, 2.24) is 14.8 Å². The van der Waals surface area contributed by atoms with Gasteiger partial charge in [0.1, 0.15) is 18.8 Å². The Morgan fingerprint density at radius 1 is 1.60 bits per heavy atom. The van der Waals surface area contributed by atoms with Crippen LogP contribution in [0.3, 0.4) is 0 Å². The van der Waals surface area contributed by atoms with E-state index in [0.29, 0.717) is 0 Å². The molecule has 82 valence electrons. The molecule has 0 amide bonds. The summed E-state index contributed by atoms with van der Waals surface area (Å²) in [4.78, 5) is 8.69. The van der Waals surface area contributed by atoms with Crippen LogP contribution in [0.15, 0.2) is 23.0 Å². The first-order chi connectivity index (χ1) is 7.15. The molecule has 1 heterocycles. The molecule has 0 bridgehead atoms. The second kappa shape index (κ2) is 4.94. The summed E-state index contributed by atoms with van der Waals surface area (Å²) in [5.41, 5.74) is 5.40. The highest BCUT2D eigenvalue weighted by atomic mass is 16.6. The summed E-state index contributed by atoms with van der Waals surface area (Å²) >= 11 is 0. The molecule has 0 aliphatic carbocycles. The van der Waals surface area contributed by atoms with Gasteiger partial charge < -0.3 is 15.8 Å². The molecule has 1 rings (SSSR count). The Morgan fingerprint density at radius 2 is 2.33 bits per heavy atom. The number of nitrogens with zero attached hydrogens (tertiary/aromatic N) is 5. The molecule has 0 saturated heterocycles. The Bertz CT molecular complexity index is 356. The third kappa shape index (κ3) is 2.93. The minimum atomic E-state index is -0.207. The molecule has 0 radical (unpaired) electrons. The maximum Gasteiger partial charge on any atom is 0.240 e. The Balaban J connectivity index is 2.94. The van der Waals surface area contributed by atoms with E-state index >= 15 is 0 Å². The van der Waals surface area contributed by atoms with E-state index in [1.165, 1.54) is 17.3 Å². The van der Waals surface area contributed by atoms with Gasteiger partial charge in [-0.05, 0) is 13.8 Å². The van der Waals surface area contributed by atoms with Crippen LogP contribution in [0.1, 0.15) is 13.8 Å². The fraction of sp³-hybridized carbons (Fsp3) is 0.429. The Kier molecular flexibility index (Phi) is 3.61. The van der Waals surface area contributed by atoms with Gasteiger partial charge in [-0.15, -0.1) is 0 Å². The fourth-order valence-corrected chi connectivity index (χ4v) is 0.724. The lowest BCUT2D eigenvalue weighted by molar-refractivity contribution is 0.0855. The highest BCUT2D eigenvalue weighted by Gasteiger charge is 2.10. The van der Waals surface area contributed by atoms with E-state index in [1.807, 2.05) is 0 Å². The minimum Gasteiger partial charge on any atom is -0.409 e. The molecule has 0 atom stereocenters. The average Bonchev–Trinajstić information content (AvgIpc) is 2.70. The van der Waals surface area contributed by atoms with Crippen LogP contribution in [0.4, 0.5) is 0 Å². The second-order valence-electron chi connectivity index (χ2n) is 2.89. The quantitative estimate of drug-likeness (QED) is 0.300. The number of hydrogen-bond acceptors (Lipinski definition) is 6. The summed E-state index contributed by atoms with van der Waals surface area (Å²) in [5.74, 6) is -0.134. The average molecular weight is 212 g/mol. The van der Waals surface area contributed by atoms with Crippen LogP contribution in [-0.4, -0.2) is 37.7 Å². The van der Waals surface area contributed by atoms with E-state index in [4.69, 9.17) is 15.8 Å². The first-order valence-electron chi connectivity index (χ1n) is 4.22. The van der Waals surface area contributed by atoms with Gasteiger partial charge in [-0.1, -0.05) is 10.3 Å². The monoisotopic (exact) mass is 212 g/mol. The van der Waals surface area contributed by atoms with E-state index in [-0.39, 0.29) is 17.8 Å². The smallest absolute Gasteiger partial charge is 0.240 e. The van der Waals surface area contributed by atoms with Crippen molar-refractivity contribution in [2.24, 2.45) is 16.0 Å². The van der Waals surface area contributed by atoms with Crippen molar-refractivity contribution in [3.05, 3.63) is 12.7 Å². The van der Waals surface area contributed by atoms with Gasteiger partial charge in [-0.3, -0.25) is 0 Å². The first kappa shape index (κ1) is 11.0. The summed E-state index contributed by atoms with van der Waals surface area (Å²) in [6.45, 7) is 3.60. The number of amidine groups is 1. The van der Waals surface area contributed by atoms with E-state index in [2.05, 4.69) is 20.4 Å². The number of rotatable bonds is 2. The van der Waals surface area contributed by atoms with Crippen molar-refractivity contribution >= 4 is 11.7 Å². The number of nitrogens with two attached hydrogens (primary N) is 1. The molecule has 3 N–H and O–H groups in total. The predicted molar refractivity (Wildman–Crippen MR) is 52.5 cm³/mol. The third-order valence-electron chi connectivity index (χ3n) is 1.32. The lowest BCUT2D eigenvalue weighted by Gasteiger charge is -2.05. The molecule has 0 aliphatic heterocycles. The van der Waals surface area contributed by atoms with Crippen LogP contribution >= 0.6 is 0 Å². The molecule has 15 heavy (non-hydrogen) atoms. The summed E-state index contributed by atoms with van der Waals surface area (Å²) in [6, 6.07) is 0. The lowest BCUT2D eigenvalue weighted by atomic mass is 10.5. The van der Waals surface area contributed by atoms with E-state index in [0.717, 1.165) is 0 Å². The van der Waals surface area contributed by atoms with Crippen molar-refractivity contribution in [3.63, 3.8) is 0 Å². The van der Waals surface area contributed by atoms with Crippen molar-refractivity contribution in [3.8, 4) is 0 Å². The van der Waals surface area contributed by atoms with Gasteiger partial charge in [-0.25, -0.2) is 4.98 Å². The topological polar surface area (TPSA) is 111 Å². The number of oxime groups is 2. The van der Waals surface area contributed by atoms with E-state index in [1.54, 1.807) is 13.8 Å². The zero-order valence-corrected chi connectivity index (χ0v) is 8.40. The van der Waals surface area contributed by atoms with Crippen LogP contribution in [0.25, 0.3) is 0 Å². The SMILES string of the molecule is CC(C)O/N=C(/C(N)=N\O)n1cncn1. The minimum absolute atomic E-state index is 0.0729. The Hall–Kier alpha value is -2.12. The normalized spacial score (nSPS) is 13.3. The standard InChI is InChI=1S/C7H12N6O2/c1-5(2)15-12-7(6(8)11-14)13-4-9-3-10-13/h3-5,14H,1-2H3,(H2,8,11)/b12-7-. The van der Waals surface area contributed by atoms with Gasteiger partial charge >= 0.3 is 0 Å². The molecule has 1 aromatic heterocycles. The highest BCUT2D eigenvalue weighted by molar-refractivity contribution is 6.39. The van der Waals surface area contributed by atoms with Crippen LogP contribution in [0.5, 0.6) is 0 Å². The third-order valence-corrected chi connectivity index (χ3v) is 1.32. The summed E-state index contributed by atoms with van der Waals surface area (Å²) in [7, 11) is 0. The molecule has 8 heteroatoms. The first-order valence-corrected chi connectivity index (χ1v) is 4.22. The molecular formula is C7H12N6O2. The van der Waals surface area contributed by atoms with Gasteiger partial charge in [0.2, 0.25) is 11.7 Å². The second-order valence-corrected chi connectivity index (χ2v) is 2.89. The maximum atomic E-state index is 8.53. The molecule has 0 spiro atoms. The van der Waals surface area contributed by atoms with Crippen LogP contribution < -0.4 is 5.73 Å². The Labute approximate surface area is 86.0 Å². The van der Waals surface area contributed by atoms with Crippen LogP contribution in [0, 0.1) is 0 Å². The van der Waals surface area contributed by atoms with Crippen molar-refractivity contribution in [2.75, 3.05) is 0 Å². The lowest BCUT2D eigenvalue weighted by Crippen LogP contribution is -2.31. The van der Waals surface area contributed by atoms with E-state index in [9.17, 15) is 0 Å². The molecule has 0 aromatic carbocycles. The highest BCUT2D eigenvalue weighted by Crippen LogP contribution is 1.92. The van der Waals surface area contributed by atoms with E-state index < -0.39 is 0 Å². The largest absolute Gasteiger partial charge is 0.409 e. The zero-order chi connectivity index (χ0) is 11.3. The van der Waals surface area contributed by atoms with Gasteiger partial charge in [0.25, 0.3) is 0 Å². The van der Waals surface area contributed by atoms with Gasteiger partial charge in [0.05, 0.1) is 0 Å².